The van der Waals surface area contributed by atoms with Crippen molar-refractivity contribution in [1.29, 1.82) is 0 Å². The Labute approximate surface area is 125 Å². The highest BCUT2D eigenvalue weighted by Gasteiger charge is 2.28. The van der Waals surface area contributed by atoms with E-state index in [1.807, 2.05) is 30.9 Å². The van der Waals surface area contributed by atoms with Gasteiger partial charge in [0.25, 0.3) is 0 Å². The Morgan fingerprint density at radius 3 is 1.57 bits per heavy atom. The zero-order valence-corrected chi connectivity index (χ0v) is 13.9. The van der Waals surface area contributed by atoms with E-state index in [1.165, 1.54) is 0 Å². The number of ether oxygens (including phenoxy) is 4. The molecular weight excluding hydrogens is 276 g/mol. The molecular formula is C13H27N4O4+. The lowest BCUT2D eigenvalue weighted by Gasteiger charge is -2.22. The molecule has 1 heterocycles. The maximum atomic E-state index is 5.35. The number of methoxy groups -OCH3 is 4. The molecule has 8 nitrogen and oxygen atoms in total. The lowest BCUT2D eigenvalue weighted by Crippen LogP contribution is -2.95. The fraction of sp³-hybridized carbons (Fsp3) is 0.846. The molecule has 1 aromatic heterocycles. The molecule has 0 saturated carbocycles. The molecule has 1 rings (SSSR count). The third-order valence-electron chi connectivity index (χ3n) is 3.46. The zero-order chi connectivity index (χ0) is 16.0. The van der Waals surface area contributed by atoms with Crippen molar-refractivity contribution in [2.24, 2.45) is 0 Å². The predicted molar refractivity (Wildman–Crippen MR) is 75.5 cm³/mol. The Bertz CT molecular complexity index is 395. The summed E-state index contributed by atoms with van der Waals surface area (Å²) in [4.78, 5) is 0. The third kappa shape index (κ3) is 4.21. The fourth-order valence-corrected chi connectivity index (χ4v) is 2.07. The summed E-state index contributed by atoms with van der Waals surface area (Å²) >= 11 is 0. The van der Waals surface area contributed by atoms with Gasteiger partial charge >= 0.3 is 0 Å². The highest BCUT2D eigenvalue weighted by molar-refractivity contribution is 4.98. The molecule has 1 aromatic rings. The topological polar surface area (TPSA) is 84.2 Å². The van der Waals surface area contributed by atoms with Gasteiger partial charge in [0.15, 0.2) is 6.04 Å². The van der Waals surface area contributed by atoms with Crippen LogP contribution >= 0.6 is 0 Å². The van der Waals surface area contributed by atoms with Crippen LogP contribution in [0.1, 0.15) is 44.6 Å². The second-order valence-corrected chi connectivity index (χ2v) is 4.89. The Balaban J connectivity index is 3.08. The first-order valence-electron chi connectivity index (χ1n) is 6.90. The number of hydrogen-bond acceptors (Lipinski definition) is 6. The molecule has 0 amide bonds. The summed E-state index contributed by atoms with van der Waals surface area (Å²) in [5, 5.41) is 8.43. The normalized spacial score (nSPS) is 16.2. The fourth-order valence-electron chi connectivity index (χ4n) is 2.07. The van der Waals surface area contributed by atoms with Gasteiger partial charge in [-0.15, -0.1) is 10.2 Å². The largest absolute Gasteiger partial charge is 0.374 e. The molecule has 0 saturated heterocycles. The molecule has 3 atom stereocenters. The molecule has 8 heteroatoms. The van der Waals surface area contributed by atoms with Gasteiger partial charge in [-0.1, -0.05) is 0 Å². The van der Waals surface area contributed by atoms with Crippen LogP contribution in [0.3, 0.4) is 0 Å². The van der Waals surface area contributed by atoms with E-state index in [0.29, 0.717) is 11.6 Å². The van der Waals surface area contributed by atoms with Crippen molar-refractivity contribution < 1.29 is 24.4 Å². The van der Waals surface area contributed by atoms with Gasteiger partial charge in [-0.2, -0.15) is 4.68 Å². The number of quaternary nitrogens is 1. The van der Waals surface area contributed by atoms with Gasteiger partial charge in [0.1, 0.15) is 12.2 Å². The first-order valence-corrected chi connectivity index (χ1v) is 6.90. The molecule has 0 spiro atoms. The number of hydrogen-bond donors (Lipinski definition) is 1. The summed E-state index contributed by atoms with van der Waals surface area (Å²) in [5.74, 6) is 1.43. The summed E-state index contributed by atoms with van der Waals surface area (Å²) in [7, 11) is 6.50. The Kier molecular flexibility index (Phi) is 7.20. The van der Waals surface area contributed by atoms with E-state index in [2.05, 4.69) is 10.2 Å². The molecule has 122 valence electrons. The maximum absolute atomic E-state index is 5.35. The van der Waals surface area contributed by atoms with Gasteiger partial charge in [0.05, 0.1) is 0 Å². The summed E-state index contributed by atoms with van der Waals surface area (Å²) in [6.45, 7) is 5.84. The minimum atomic E-state index is -0.344. The highest BCUT2D eigenvalue weighted by atomic mass is 16.7. The third-order valence-corrected chi connectivity index (χ3v) is 3.46. The van der Waals surface area contributed by atoms with Gasteiger partial charge < -0.3 is 18.9 Å². The van der Waals surface area contributed by atoms with E-state index in [4.69, 9.17) is 18.9 Å². The van der Waals surface area contributed by atoms with Crippen LogP contribution in [0.25, 0.3) is 0 Å². The molecule has 0 aliphatic carbocycles. The minimum Gasteiger partial charge on any atom is -0.374 e. The lowest BCUT2D eigenvalue weighted by atomic mass is 10.3. The Hall–Kier alpha value is -1.06. The Morgan fingerprint density at radius 2 is 1.24 bits per heavy atom. The van der Waals surface area contributed by atoms with Crippen molar-refractivity contribution in [3.63, 3.8) is 0 Å². The van der Waals surface area contributed by atoms with Gasteiger partial charge in [-0.25, -0.2) is 5.43 Å². The predicted octanol–water partition coefficient (Wildman–Crippen LogP) is 0.0268. The van der Waals surface area contributed by atoms with Crippen LogP contribution in [-0.2, 0) is 18.9 Å². The average Bonchev–Trinajstić information content (AvgIpc) is 2.90. The summed E-state index contributed by atoms with van der Waals surface area (Å²) < 4.78 is 23.2. The second-order valence-electron chi connectivity index (χ2n) is 4.89. The molecule has 0 radical (unpaired) electrons. The summed E-state index contributed by atoms with van der Waals surface area (Å²) in [5.41, 5.74) is 1.97. The minimum absolute atomic E-state index is 0.00149. The molecule has 2 N–H and O–H groups in total. The Morgan fingerprint density at radius 1 is 0.810 bits per heavy atom. The first kappa shape index (κ1) is 18.0. The van der Waals surface area contributed by atoms with E-state index in [9.17, 15) is 0 Å². The summed E-state index contributed by atoms with van der Waals surface area (Å²) in [6, 6.07) is 0.00149. The van der Waals surface area contributed by atoms with Crippen molar-refractivity contribution in [1.82, 2.24) is 14.9 Å². The first-order chi connectivity index (χ1) is 9.99. The lowest BCUT2D eigenvalue weighted by molar-refractivity contribution is -0.753. The molecule has 0 aromatic carbocycles. The number of nitrogens with zero attached hydrogens (tertiary/aromatic N) is 3. The van der Waals surface area contributed by atoms with Crippen LogP contribution in [0.4, 0.5) is 0 Å². The van der Waals surface area contributed by atoms with Gasteiger partial charge in [-0.05, 0) is 20.8 Å². The van der Waals surface area contributed by atoms with Gasteiger partial charge in [0.2, 0.25) is 17.9 Å². The standard InChI is InChI=1S/C13H26N4O4/c1-8(13(20-6)21-7)16-17-11(9(2)18-4)14-15-12(17)10(3)19-5/h8-10,13,16H,1-7H3/p+1/t8?,9-,10-/m0/s1. The van der Waals surface area contributed by atoms with E-state index in [0.717, 1.165) is 0 Å². The molecule has 0 fully saturated rings. The number of aromatic nitrogens is 3. The van der Waals surface area contributed by atoms with Gasteiger partial charge in [-0.3, -0.25) is 0 Å². The van der Waals surface area contributed by atoms with Crippen molar-refractivity contribution in [3.05, 3.63) is 11.6 Å². The van der Waals surface area contributed by atoms with Crippen molar-refractivity contribution in [3.8, 4) is 0 Å². The maximum Gasteiger partial charge on any atom is 0.211 e. The number of rotatable bonds is 9. The highest BCUT2D eigenvalue weighted by Crippen LogP contribution is 2.17. The SMILES string of the molecule is COC(OC)C(C)[NH2+]n1c([C@H](C)OC)nnc1[C@H](C)OC. The van der Waals surface area contributed by atoms with Crippen LogP contribution < -0.4 is 5.43 Å². The number of nitrogens with two attached hydrogens (primary N) is 1. The van der Waals surface area contributed by atoms with E-state index in [1.54, 1.807) is 28.4 Å². The zero-order valence-electron chi connectivity index (χ0n) is 13.9. The van der Waals surface area contributed by atoms with E-state index >= 15 is 0 Å². The smallest absolute Gasteiger partial charge is 0.211 e. The molecule has 21 heavy (non-hydrogen) atoms. The second kappa shape index (κ2) is 8.40. The quantitative estimate of drug-likeness (QED) is 0.512. The van der Waals surface area contributed by atoms with Crippen molar-refractivity contribution >= 4 is 0 Å². The van der Waals surface area contributed by atoms with Crippen LogP contribution in [0, 0.1) is 0 Å². The van der Waals surface area contributed by atoms with Crippen molar-refractivity contribution in [2.45, 2.75) is 45.3 Å². The van der Waals surface area contributed by atoms with E-state index < -0.39 is 0 Å². The van der Waals surface area contributed by atoms with E-state index in [-0.39, 0.29) is 24.5 Å². The molecule has 0 aliphatic heterocycles. The average molecular weight is 303 g/mol. The summed E-state index contributed by atoms with van der Waals surface area (Å²) in [6.07, 6.45) is -0.701. The molecule has 0 bridgehead atoms. The molecule has 0 aliphatic rings. The van der Waals surface area contributed by atoms with Crippen LogP contribution in [0.15, 0.2) is 0 Å². The van der Waals surface area contributed by atoms with Crippen LogP contribution in [0.5, 0.6) is 0 Å². The van der Waals surface area contributed by atoms with Crippen LogP contribution in [-0.4, -0.2) is 55.6 Å². The van der Waals surface area contributed by atoms with Crippen LogP contribution in [0.2, 0.25) is 0 Å². The monoisotopic (exact) mass is 303 g/mol. The van der Waals surface area contributed by atoms with Gasteiger partial charge in [0, 0.05) is 28.4 Å². The van der Waals surface area contributed by atoms with Crippen molar-refractivity contribution in [2.75, 3.05) is 28.4 Å². The molecule has 1 unspecified atom stereocenters.